The van der Waals surface area contributed by atoms with E-state index in [-0.39, 0.29) is 11.7 Å². The molecular weight excluding hydrogens is 228 g/mol. The van der Waals surface area contributed by atoms with Gasteiger partial charge >= 0.3 is 0 Å². The molecule has 1 atom stereocenters. The van der Waals surface area contributed by atoms with Crippen LogP contribution in [0.25, 0.3) is 0 Å². The molecule has 1 unspecified atom stereocenters. The van der Waals surface area contributed by atoms with E-state index in [4.69, 9.17) is 4.74 Å². The molecule has 0 aliphatic carbocycles. The molecule has 0 amide bonds. The molecule has 0 aliphatic rings. The van der Waals surface area contributed by atoms with Gasteiger partial charge in [-0.3, -0.25) is 4.79 Å². The maximum absolute atomic E-state index is 12.1. The number of rotatable bonds is 8. The molecule has 18 heavy (non-hydrogen) atoms. The first-order chi connectivity index (χ1) is 8.71. The molecule has 4 nitrogen and oxygen atoms in total. The van der Waals surface area contributed by atoms with E-state index in [1.165, 1.54) is 6.33 Å². The number of carbonyl (C=O) groups excluding carboxylic acids is 1. The monoisotopic (exact) mass is 250 g/mol. The summed E-state index contributed by atoms with van der Waals surface area (Å²) in [5.41, 5.74) is 0.738. The molecule has 0 saturated carbocycles. The SMILES string of the molecule is CCCCC(CC)C(=O)Cc1cc(OC)ncn1. The lowest BCUT2D eigenvalue weighted by Crippen LogP contribution is -2.17. The number of ketones is 1. The molecule has 100 valence electrons. The normalized spacial score (nSPS) is 12.2. The van der Waals surface area contributed by atoms with Gasteiger partial charge in [0.15, 0.2) is 0 Å². The highest BCUT2D eigenvalue weighted by Crippen LogP contribution is 2.16. The van der Waals surface area contributed by atoms with E-state index in [9.17, 15) is 4.79 Å². The quantitative estimate of drug-likeness (QED) is 0.712. The molecule has 0 fully saturated rings. The fourth-order valence-corrected chi connectivity index (χ4v) is 1.95. The Hall–Kier alpha value is -1.45. The number of unbranched alkanes of at least 4 members (excludes halogenated alkanes) is 1. The summed E-state index contributed by atoms with van der Waals surface area (Å²) < 4.78 is 5.03. The number of ether oxygens (including phenoxy) is 1. The number of nitrogens with zero attached hydrogens (tertiary/aromatic N) is 2. The van der Waals surface area contributed by atoms with Gasteiger partial charge < -0.3 is 4.74 Å². The summed E-state index contributed by atoms with van der Waals surface area (Å²) in [6.45, 7) is 4.21. The summed E-state index contributed by atoms with van der Waals surface area (Å²) in [4.78, 5) is 20.2. The molecule has 1 aromatic heterocycles. The van der Waals surface area contributed by atoms with Crippen molar-refractivity contribution in [3.8, 4) is 5.88 Å². The van der Waals surface area contributed by atoms with E-state index in [1.54, 1.807) is 13.2 Å². The summed E-state index contributed by atoms with van der Waals surface area (Å²) in [5.74, 6) is 0.937. The number of carbonyl (C=O) groups is 1. The molecule has 0 aliphatic heterocycles. The molecule has 4 heteroatoms. The highest BCUT2D eigenvalue weighted by molar-refractivity contribution is 5.82. The lowest BCUT2D eigenvalue weighted by molar-refractivity contribution is -0.122. The van der Waals surface area contributed by atoms with Crippen LogP contribution in [0.4, 0.5) is 0 Å². The Labute approximate surface area is 109 Å². The number of hydrogen-bond acceptors (Lipinski definition) is 4. The third-order valence-corrected chi connectivity index (χ3v) is 3.12. The van der Waals surface area contributed by atoms with Gasteiger partial charge in [-0.2, -0.15) is 0 Å². The first-order valence-corrected chi connectivity index (χ1v) is 6.58. The van der Waals surface area contributed by atoms with Gasteiger partial charge in [-0.25, -0.2) is 9.97 Å². The molecular formula is C14H22N2O2. The van der Waals surface area contributed by atoms with Gasteiger partial charge in [-0.05, 0) is 12.8 Å². The minimum Gasteiger partial charge on any atom is -0.481 e. The van der Waals surface area contributed by atoms with Crippen LogP contribution in [0.3, 0.4) is 0 Å². The zero-order valence-corrected chi connectivity index (χ0v) is 11.5. The summed E-state index contributed by atoms with van der Waals surface area (Å²) >= 11 is 0. The first kappa shape index (κ1) is 14.6. The van der Waals surface area contributed by atoms with Crippen LogP contribution in [0.1, 0.15) is 45.2 Å². The van der Waals surface area contributed by atoms with Gasteiger partial charge in [0, 0.05) is 18.4 Å². The van der Waals surface area contributed by atoms with E-state index in [2.05, 4.69) is 23.8 Å². The van der Waals surface area contributed by atoms with Gasteiger partial charge in [0.25, 0.3) is 0 Å². The van der Waals surface area contributed by atoms with Crippen LogP contribution < -0.4 is 4.74 Å². The third kappa shape index (κ3) is 4.43. The zero-order chi connectivity index (χ0) is 13.4. The van der Waals surface area contributed by atoms with E-state index in [1.807, 2.05) is 0 Å². The van der Waals surface area contributed by atoms with Crippen molar-refractivity contribution in [1.29, 1.82) is 0 Å². The molecule has 1 heterocycles. The van der Waals surface area contributed by atoms with Crippen molar-refractivity contribution in [2.45, 2.75) is 46.0 Å². The number of hydrogen-bond donors (Lipinski definition) is 0. The molecule has 0 spiro atoms. The fraction of sp³-hybridized carbons (Fsp3) is 0.643. The van der Waals surface area contributed by atoms with Gasteiger partial charge in [-0.15, -0.1) is 0 Å². The smallest absolute Gasteiger partial charge is 0.216 e. The van der Waals surface area contributed by atoms with Crippen LogP contribution in [0.2, 0.25) is 0 Å². The van der Waals surface area contributed by atoms with Crippen LogP contribution in [-0.4, -0.2) is 22.9 Å². The predicted molar refractivity (Wildman–Crippen MR) is 70.6 cm³/mol. The van der Waals surface area contributed by atoms with E-state index >= 15 is 0 Å². The largest absolute Gasteiger partial charge is 0.481 e. The minimum atomic E-state index is 0.158. The zero-order valence-electron chi connectivity index (χ0n) is 11.5. The summed E-state index contributed by atoms with van der Waals surface area (Å²) in [5, 5.41) is 0. The standard InChI is InChI=1S/C14H22N2O2/c1-4-6-7-11(5-2)13(17)8-12-9-14(18-3)16-10-15-12/h9-11H,4-8H2,1-3H3. The lowest BCUT2D eigenvalue weighted by atomic mass is 9.92. The maximum atomic E-state index is 12.1. The van der Waals surface area contributed by atoms with Crippen molar-refractivity contribution < 1.29 is 9.53 Å². The van der Waals surface area contributed by atoms with Gasteiger partial charge in [-0.1, -0.05) is 26.7 Å². The molecule has 0 aromatic carbocycles. The Bertz CT molecular complexity index is 380. The first-order valence-electron chi connectivity index (χ1n) is 6.58. The average Bonchev–Trinajstić information content (AvgIpc) is 2.40. The van der Waals surface area contributed by atoms with Crippen LogP contribution in [0.15, 0.2) is 12.4 Å². The van der Waals surface area contributed by atoms with Gasteiger partial charge in [0.1, 0.15) is 12.1 Å². The van der Waals surface area contributed by atoms with Crippen molar-refractivity contribution in [3.05, 3.63) is 18.1 Å². The van der Waals surface area contributed by atoms with Crippen molar-refractivity contribution >= 4 is 5.78 Å². The van der Waals surface area contributed by atoms with Crippen LogP contribution in [-0.2, 0) is 11.2 Å². The molecule has 1 rings (SSSR count). The molecule has 0 radical (unpaired) electrons. The van der Waals surface area contributed by atoms with Gasteiger partial charge in [0.05, 0.1) is 12.8 Å². The summed E-state index contributed by atoms with van der Waals surface area (Å²) in [6.07, 6.45) is 5.94. The van der Waals surface area contributed by atoms with Crippen molar-refractivity contribution in [3.63, 3.8) is 0 Å². The average molecular weight is 250 g/mol. The Morgan fingerprint density at radius 1 is 1.39 bits per heavy atom. The minimum absolute atomic E-state index is 0.158. The summed E-state index contributed by atoms with van der Waals surface area (Å²) in [7, 11) is 1.56. The third-order valence-electron chi connectivity index (χ3n) is 3.12. The topological polar surface area (TPSA) is 52.1 Å². The number of aromatic nitrogens is 2. The highest BCUT2D eigenvalue weighted by atomic mass is 16.5. The van der Waals surface area contributed by atoms with Crippen LogP contribution in [0.5, 0.6) is 5.88 Å². The maximum Gasteiger partial charge on any atom is 0.216 e. The van der Waals surface area contributed by atoms with Crippen LogP contribution >= 0.6 is 0 Å². The molecule has 1 aromatic rings. The van der Waals surface area contributed by atoms with Crippen molar-refractivity contribution in [1.82, 2.24) is 9.97 Å². The van der Waals surface area contributed by atoms with Gasteiger partial charge in [0.2, 0.25) is 5.88 Å². The Morgan fingerprint density at radius 2 is 2.17 bits per heavy atom. The van der Waals surface area contributed by atoms with E-state index in [0.717, 1.165) is 31.4 Å². The number of methoxy groups -OCH3 is 1. The van der Waals surface area contributed by atoms with Crippen molar-refractivity contribution in [2.75, 3.05) is 7.11 Å². The molecule has 0 bridgehead atoms. The molecule has 0 N–H and O–H groups in total. The lowest BCUT2D eigenvalue weighted by Gasteiger charge is -2.12. The second-order valence-electron chi connectivity index (χ2n) is 4.44. The van der Waals surface area contributed by atoms with E-state index < -0.39 is 0 Å². The van der Waals surface area contributed by atoms with Crippen molar-refractivity contribution in [2.24, 2.45) is 5.92 Å². The Kier molecular flexibility index (Phi) is 6.33. The fourth-order valence-electron chi connectivity index (χ4n) is 1.95. The highest BCUT2D eigenvalue weighted by Gasteiger charge is 2.17. The molecule has 0 saturated heterocycles. The second kappa shape index (κ2) is 7.80. The van der Waals surface area contributed by atoms with E-state index in [0.29, 0.717) is 12.3 Å². The van der Waals surface area contributed by atoms with Crippen LogP contribution in [0, 0.1) is 5.92 Å². The number of Topliss-reactive ketones (excluding diaryl/α,β-unsaturated/α-hetero) is 1. The summed E-state index contributed by atoms with van der Waals surface area (Å²) in [6, 6.07) is 1.73. The second-order valence-corrected chi connectivity index (χ2v) is 4.44. The Balaban J connectivity index is 2.61. The Morgan fingerprint density at radius 3 is 2.78 bits per heavy atom. The predicted octanol–water partition coefficient (Wildman–Crippen LogP) is 2.81.